The molecule has 9 nitrogen and oxygen atoms in total. The van der Waals surface area contributed by atoms with Crippen LogP contribution < -0.4 is 15.4 Å². The van der Waals surface area contributed by atoms with Crippen molar-refractivity contribution in [1.82, 2.24) is 15.5 Å². The third-order valence-electron chi connectivity index (χ3n) is 6.31. The van der Waals surface area contributed by atoms with Crippen LogP contribution in [0.3, 0.4) is 0 Å². The van der Waals surface area contributed by atoms with E-state index in [9.17, 15) is 14.4 Å². The SMILES string of the molecule is COC(=N)c1csc(CNC(=O)C2CCC(C)N2C(=O)CNC(=O)c2ccc(Oc3ccccc3)cc2)c1. The highest BCUT2D eigenvalue weighted by Crippen LogP contribution is 2.25. The molecule has 1 saturated heterocycles. The molecular formula is C28H30N4O5S. The topological polar surface area (TPSA) is 121 Å². The number of carbonyl (C=O) groups is 3. The molecule has 198 valence electrons. The molecule has 1 aliphatic rings. The smallest absolute Gasteiger partial charge is 0.251 e. The van der Waals surface area contributed by atoms with Crippen LogP contribution in [0.15, 0.2) is 66.0 Å². The fraction of sp³-hybridized carbons (Fsp3) is 0.286. The van der Waals surface area contributed by atoms with E-state index in [4.69, 9.17) is 14.9 Å². The van der Waals surface area contributed by atoms with Gasteiger partial charge in [0.25, 0.3) is 5.91 Å². The normalized spacial score (nSPS) is 16.5. The third-order valence-corrected chi connectivity index (χ3v) is 7.25. The number of hydrogen-bond acceptors (Lipinski definition) is 7. The molecule has 1 aromatic heterocycles. The highest BCUT2D eigenvalue weighted by molar-refractivity contribution is 7.10. The van der Waals surface area contributed by atoms with Gasteiger partial charge in [-0.2, -0.15) is 0 Å². The Balaban J connectivity index is 1.29. The Labute approximate surface area is 225 Å². The van der Waals surface area contributed by atoms with Gasteiger partial charge in [0, 0.05) is 27.4 Å². The van der Waals surface area contributed by atoms with Crippen LogP contribution in [0.4, 0.5) is 0 Å². The van der Waals surface area contributed by atoms with E-state index in [2.05, 4.69) is 10.6 Å². The molecule has 0 spiro atoms. The number of thiophene rings is 1. The molecule has 3 amide bonds. The maximum absolute atomic E-state index is 13.0. The summed E-state index contributed by atoms with van der Waals surface area (Å²) in [5, 5.41) is 15.1. The molecule has 0 aliphatic carbocycles. The molecule has 1 aliphatic heterocycles. The van der Waals surface area contributed by atoms with Crippen LogP contribution >= 0.6 is 11.3 Å². The van der Waals surface area contributed by atoms with Crippen molar-refractivity contribution in [2.45, 2.75) is 38.4 Å². The van der Waals surface area contributed by atoms with Crippen molar-refractivity contribution in [3.05, 3.63) is 82.0 Å². The van der Waals surface area contributed by atoms with Crippen LogP contribution in [0.1, 0.15) is 40.6 Å². The number of carbonyl (C=O) groups excluding carboxylic acids is 3. The molecule has 3 N–H and O–H groups in total. The van der Waals surface area contributed by atoms with Gasteiger partial charge in [0.2, 0.25) is 17.7 Å². The average molecular weight is 535 g/mol. The predicted molar refractivity (Wildman–Crippen MR) is 145 cm³/mol. The maximum atomic E-state index is 13.0. The van der Waals surface area contributed by atoms with Crippen molar-refractivity contribution in [2.75, 3.05) is 13.7 Å². The van der Waals surface area contributed by atoms with Gasteiger partial charge in [-0.15, -0.1) is 11.3 Å². The summed E-state index contributed by atoms with van der Waals surface area (Å²) in [6.45, 7) is 2.00. The standard InChI is InChI=1S/C28H30N4O5S/c1-18-8-13-24(28(35)30-15-23-14-20(17-38-23)26(29)36-2)32(18)25(33)16-31-27(34)19-9-11-22(12-10-19)37-21-6-4-3-5-7-21/h3-7,9-12,14,17-18,24,29H,8,13,15-16H2,1-2H3,(H,30,35)(H,31,34). The molecule has 10 heteroatoms. The molecule has 1 fully saturated rings. The Bertz CT molecular complexity index is 1290. The number of ether oxygens (including phenoxy) is 2. The number of para-hydroxylation sites is 1. The molecule has 0 saturated carbocycles. The molecule has 2 aromatic carbocycles. The Kier molecular flexibility index (Phi) is 8.75. The van der Waals surface area contributed by atoms with Gasteiger partial charge in [-0.3, -0.25) is 19.8 Å². The van der Waals surface area contributed by atoms with Crippen molar-refractivity contribution in [3.8, 4) is 11.5 Å². The quantitative estimate of drug-likeness (QED) is 0.284. The number of nitrogens with zero attached hydrogens (tertiary/aromatic N) is 1. The minimum absolute atomic E-state index is 0.0683. The average Bonchev–Trinajstić information content (AvgIpc) is 3.57. The van der Waals surface area contributed by atoms with E-state index in [0.717, 1.165) is 4.88 Å². The zero-order valence-corrected chi connectivity index (χ0v) is 22.0. The largest absolute Gasteiger partial charge is 0.481 e. The second kappa shape index (κ2) is 12.4. The Hall–Kier alpha value is -4.18. The van der Waals surface area contributed by atoms with Gasteiger partial charge < -0.3 is 25.0 Å². The third kappa shape index (κ3) is 6.57. The molecule has 2 heterocycles. The number of amides is 3. The molecule has 2 atom stereocenters. The first-order valence-electron chi connectivity index (χ1n) is 12.3. The highest BCUT2D eigenvalue weighted by Gasteiger charge is 2.38. The van der Waals surface area contributed by atoms with Crippen molar-refractivity contribution in [3.63, 3.8) is 0 Å². The van der Waals surface area contributed by atoms with Gasteiger partial charge in [-0.25, -0.2) is 0 Å². The summed E-state index contributed by atoms with van der Waals surface area (Å²) >= 11 is 1.42. The number of methoxy groups -OCH3 is 1. The summed E-state index contributed by atoms with van der Waals surface area (Å²) < 4.78 is 10.7. The number of rotatable bonds is 9. The summed E-state index contributed by atoms with van der Waals surface area (Å²) in [4.78, 5) is 41.0. The Morgan fingerprint density at radius 3 is 2.42 bits per heavy atom. The van der Waals surface area contributed by atoms with Crippen LogP contribution in [0.25, 0.3) is 0 Å². The van der Waals surface area contributed by atoms with Crippen molar-refractivity contribution < 1.29 is 23.9 Å². The molecule has 3 aromatic rings. The van der Waals surface area contributed by atoms with Crippen molar-refractivity contribution in [1.29, 1.82) is 5.41 Å². The van der Waals surface area contributed by atoms with E-state index in [0.29, 0.717) is 42.0 Å². The Morgan fingerprint density at radius 1 is 1.00 bits per heavy atom. The minimum atomic E-state index is -0.597. The zero-order valence-electron chi connectivity index (χ0n) is 21.2. The zero-order chi connectivity index (χ0) is 27.1. The first-order valence-corrected chi connectivity index (χ1v) is 13.1. The monoisotopic (exact) mass is 534 g/mol. The van der Waals surface area contributed by atoms with Gasteiger partial charge >= 0.3 is 0 Å². The van der Waals surface area contributed by atoms with Gasteiger partial charge in [0.15, 0.2) is 0 Å². The number of likely N-dealkylation sites (tertiary alicyclic amines) is 1. The number of hydrogen-bond donors (Lipinski definition) is 3. The van der Waals surface area contributed by atoms with Gasteiger partial charge in [0.05, 0.1) is 20.2 Å². The highest BCUT2D eigenvalue weighted by atomic mass is 32.1. The van der Waals surface area contributed by atoms with Gasteiger partial charge in [-0.05, 0) is 62.2 Å². The fourth-order valence-electron chi connectivity index (χ4n) is 4.31. The first-order chi connectivity index (χ1) is 18.4. The molecule has 0 bridgehead atoms. The summed E-state index contributed by atoms with van der Waals surface area (Å²) in [6, 6.07) is 17.1. The molecule has 38 heavy (non-hydrogen) atoms. The second-order valence-corrected chi connectivity index (χ2v) is 9.91. The second-order valence-electron chi connectivity index (χ2n) is 8.92. The molecule has 0 radical (unpaired) electrons. The summed E-state index contributed by atoms with van der Waals surface area (Å²) in [5.41, 5.74) is 1.06. The maximum Gasteiger partial charge on any atom is 0.251 e. The van der Waals surface area contributed by atoms with E-state index < -0.39 is 6.04 Å². The van der Waals surface area contributed by atoms with E-state index >= 15 is 0 Å². The lowest BCUT2D eigenvalue weighted by Crippen LogP contribution is -2.51. The predicted octanol–water partition coefficient (Wildman–Crippen LogP) is 3.94. The van der Waals surface area contributed by atoms with Crippen LogP contribution in [-0.2, 0) is 20.9 Å². The van der Waals surface area contributed by atoms with E-state index in [1.807, 2.05) is 37.3 Å². The number of nitrogens with one attached hydrogen (secondary N) is 3. The lowest BCUT2D eigenvalue weighted by molar-refractivity contribution is -0.139. The summed E-state index contributed by atoms with van der Waals surface area (Å²) in [5.74, 6) is 0.435. The van der Waals surface area contributed by atoms with E-state index in [-0.39, 0.29) is 36.2 Å². The fourth-order valence-corrected chi connectivity index (χ4v) is 5.12. The molecule has 4 rings (SSSR count). The molecule has 2 unspecified atom stereocenters. The first kappa shape index (κ1) is 26.9. The van der Waals surface area contributed by atoms with Crippen molar-refractivity contribution >= 4 is 35.0 Å². The van der Waals surface area contributed by atoms with Crippen LogP contribution in [0.5, 0.6) is 11.5 Å². The lowest BCUT2D eigenvalue weighted by Gasteiger charge is -2.28. The summed E-state index contributed by atoms with van der Waals surface area (Å²) in [7, 11) is 1.44. The van der Waals surface area contributed by atoms with Crippen LogP contribution in [0, 0.1) is 5.41 Å². The van der Waals surface area contributed by atoms with Gasteiger partial charge in [-0.1, -0.05) is 18.2 Å². The van der Waals surface area contributed by atoms with Crippen LogP contribution in [0.2, 0.25) is 0 Å². The minimum Gasteiger partial charge on any atom is -0.481 e. The lowest BCUT2D eigenvalue weighted by atomic mass is 10.2. The van der Waals surface area contributed by atoms with Gasteiger partial charge in [0.1, 0.15) is 17.5 Å². The Morgan fingerprint density at radius 2 is 1.71 bits per heavy atom. The molecular weight excluding hydrogens is 504 g/mol. The number of benzene rings is 2. The van der Waals surface area contributed by atoms with Crippen molar-refractivity contribution in [2.24, 2.45) is 0 Å². The summed E-state index contributed by atoms with van der Waals surface area (Å²) in [6.07, 6.45) is 1.26. The van der Waals surface area contributed by atoms with Crippen LogP contribution in [-0.4, -0.2) is 54.3 Å². The van der Waals surface area contributed by atoms with E-state index in [1.54, 1.807) is 40.6 Å². The van der Waals surface area contributed by atoms with E-state index in [1.165, 1.54) is 18.4 Å².